The van der Waals surface area contributed by atoms with Gasteiger partial charge in [-0.25, -0.2) is 9.78 Å². The summed E-state index contributed by atoms with van der Waals surface area (Å²) in [5, 5.41) is 5.27. The largest absolute Gasteiger partial charge is 0.481 e. The summed E-state index contributed by atoms with van der Waals surface area (Å²) < 4.78 is 10.1. The minimum atomic E-state index is -0.725. The molecule has 1 aliphatic rings. The maximum Gasteiger partial charge on any atom is 0.325 e. The quantitative estimate of drug-likeness (QED) is 0.726. The van der Waals surface area contributed by atoms with Gasteiger partial charge in [0.05, 0.1) is 31.8 Å². The Bertz CT molecular complexity index is 788. The fraction of sp³-hybridized carbons (Fsp3) is 0.294. The monoisotopic (exact) mass is 358 g/mol. The molecule has 26 heavy (non-hydrogen) atoms. The van der Waals surface area contributed by atoms with Crippen LogP contribution < -0.4 is 15.4 Å². The summed E-state index contributed by atoms with van der Waals surface area (Å²) in [5.74, 6) is 0.312. The molecular formula is C17H18N4O5. The van der Waals surface area contributed by atoms with Crippen LogP contribution in [0.2, 0.25) is 0 Å². The number of methoxy groups -OCH3 is 1. The van der Waals surface area contributed by atoms with E-state index in [1.165, 1.54) is 19.6 Å². The number of nitrogens with one attached hydrogen (secondary N) is 2. The van der Waals surface area contributed by atoms with E-state index in [2.05, 4.69) is 15.6 Å². The molecule has 1 fully saturated rings. The van der Waals surface area contributed by atoms with Crippen molar-refractivity contribution in [3.63, 3.8) is 0 Å². The van der Waals surface area contributed by atoms with Crippen LogP contribution in [-0.4, -0.2) is 40.9 Å². The van der Waals surface area contributed by atoms with E-state index in [1.54, 1.807) is 24.3 Å². The third-order valence-corrected chi connectivity index (χ3v) is 3.89. The van der Waals surface area contributed by atoms with Crippen molar-refractivity contribution >= 4 is 23.5 Å². The smallest absolute Gasteiger partial charge is 0.325 e. The van der Waals surface area contributed by atoms with Gasteiger partial charge in [0.15, 0.2) is 0 Å². The second-order valence-electron chi connectivity index (χ2n) is 5.68. The van der Waals surface area contributed by atoms with Gasteiger partial charge in [0.2, 0.25) is 11.8 Å². The van der Waals surface area contributed by atoms with Gasteiger partial charge in [0.1, 0.15) is 11.8 Å². The average Bonchev–Trinajstić information content (AvgIpc) is 3.24. The highest BCUT2D eigenvalue weighted by Crippen LogP contribution is 2.16. The number of carbonyl (C=O) groups excluding carboxylic acids is 3. The number of aromatic nitrogens is 1. The van der Waals surface area contributed by atoms with Crippen molar-refractivity contribution in [2.75, 3.05) is 12.4 Å². The molecule has 0 saturated carbocycles. The number of imide groups is 1. The second kappa shape index (κ2) is 7.68. The van der Waals surface area contributed by atoms with Crippen molar-refractivity contribution in [2.45, 2.75) is 25.4 Å². The number of nitrogens with zero attached hydrogens (tertiary/aromatic N) is 2. The van der Waals surface area contributed by atoms with Gasteiger partial charge in [-0.3, -0.25) is 14.5 Å². The van der Waals surface area contributed by atoms with Crippen molar-refractivity contribution in [2.24, 2.45) is 0 Å². The number of pyridine rings is 1. The van der Waals surface area contributed by atoms with E-state index in [-0.39, 0.29) is 31.2 Å². The van der Waals surface area contributed by atoms with Crippen LogP contribution in [0.15, 0.2) is 41.1 Å². The zero-order chi connectivity index (χ0) is 18.5. The van der Waals surface area contributed by atoms with E-state index in [9.17, 15) is 14.4 Å². The minimum absolute atomic E-state index is 0.0673. The van der Waals surface area contributed by atoms with E-state index >= 15 is 0 Å². The number of urea groups is 1. The molecule has 1 atom stereocenters. The molecule has 2 aromatic heterocycles. The van der Waals surface area contributed by atoms with E-state index in [0.717, 1.165) is 4.90 Å². The predicted molar refractivity (Wildman–Crippen MR) is 90.2 cm³/mol. The first-order valence-electron chi connectivity index (χ1n) is 8.01. The Morgan fingerprint density at radius 3 is 2.88 bits per heavy atom. The lowest BCUT2D eigenvalue weighted by Crippen LogP contribution is -2.31. The molecule has 0 radical (unpaired) electrons. The van der Waals surface area contributed by atoms with E-state index < -0.39 is 12.1 Å². The molecule has 1 unspecified atom stereocenters. The zero-order valence-electron chi connectivity index (χ0n) is 14.1. The maximum atomic E-state index is 12.3. The Labute approximate surface area is 149 Å². The van der Waals surface area contributed by atoms with Crippen LogP contribution in [0, 0.1) is 0 Å². The summed E-state index contributed by atoms with van der Waals surface area (Å²) in [4.78, 5) is 41.4. The molecule has 1 saturated heterocycles. The number of rotatable bonds is 7. The third kappa shape index (κ3) is 4.00. The van der Waals surface area contributed by atoms with E-state index in [4.69, 9.17) is 9.15 Å². The summed E-state index contributed by atoms with van der Waals surface area (Å²) in [7, 11) is 1.50. The van der Waals surface area contributed by atoms with Crippen molar-refractivity contribution < 1.29 is 23.5 Å². The van der Waals surface area contributed by atoms with Gasteiger partial charge >= 0.3 is 6.03 Å². The summed E-state index contributed by atoms with van der Waals surface area (Å²) >= 11 is 0. The van der Waals surface area contributed by atoms with Gasteiger partial charge in [0, 0.05) is 12.5 Å². The third-order valence-electron chi connectivity index (χ3n) is 3.89. The summed E-state index contributed by atoms with van der Waals surface area (Å²) in [5.41, 5.74) is 0.525. The summed E-state index contributed by atoms with van der Waals surface area (Å²) in [6.07, 6.45) is 3.24. The van der Waals surface area contributed by atoms with Crippen LogP contribution in [0.5, 0.6) is 5.88 Å². The molecule has 136 valence electrons. The molecule has 3 rings (SSSR count). The van der Waals surface area contributed by atoms with Gasteiger partial charge in [-0.1, -0.05) is 0 Å². The lowest BCUT2D eigenvalue weighted by molar-refractivity contribution is -0.128. The molecule has 0 bridgehead atoms. The lowest BCUT2D eigenvalue weighted by Gasteiger charge is -2.11. The van der Waals surface area contributed by atoms with Gasteiger partial charge in [0.25, 0.3) is 5.91 Å². The van der Waals surface area contributed by atoms with E-state index in [1.807, 2.05) is 0 Å². The highest BCUT2D eigenvalue weighted by Gasteiger charge is 2.38. The number of anilines is 1. The lowest BCUT2D eigenvalue weighted by atomic mass is 10.1. The maximum absolute atomic E-state index is 12.3. The van der Waals surface area contributed by atoms with Crippen LogP contribution in [0.25, 0.3) is 0 Å². The van der Waals surface area contributed by atoms with Gasteiger partial charge < -0.3 is 19.8 Å². The first-order valence-corrected chi connectivity index (χ1v) is 8.01. The summed E-state index contributed by atoms with van der Waals surface area (Å²) in [6, 6.07) is 5.45. The van der Waals surface area contributed by atoms with Crippen molar-refractivity contribution in [3.05, 3.63) is 42.5 Å². The molecule has 4 amide bonds. The number of hydrogen-bond acceptors (Lipinski definition) is 6. The molecule has 2 N–H and O–H groups in total. The number of carbonyl (C=O) groups is 3. The van der Waals surface area contributed by atoms with Crippen molar-refractivity contribution in [3.8, 4) is 5.88 Å². The Hall–Kier alpha value is -3.36. The van der Waals surface area contributed by atoms with Crippen LogP contribution in [-0.2, 0) is 16.1 Å². The highest BCUT2D eigenvalue weighted by molar-refractivity contribution is 6.04. The second-order valence-corrected chi connectivity index (χ2v) is 5.68. The molecule has 3 heterocycles. The van der Waals surface area contributed by atoms with E-state index in [0.29, 0.717) is 17.3 Å². The van der Waals surface area contributed by atoms with Crippen LogP contribution >= 0.6 is 0 Å². The Kier molecular flexibility index (Phi) is 5.16. The summed E-state index contributed by atoms with van der Waals surface area (Å²) in [6.45, 7) is 0.0673. The van der Waals surface area contributed by atoms with Gasteiger partial charge in [-0.15, -0.1) is 0 Å². The first-order chi connectivity index (χ1) is 12.6. The van der Waals surface area contributed by atoms with Crippen molar-refractivity contribution in [1.82, 2.24) is 15.2 Å². The van der Waals surface area contributed by atoms with Crippen molar-refractivity contribution in [1.29, 1.82) is 0 Å². The molecule has 0 aliphatic carbocycles. The van der Waals surface area contributed by atoms with Crippen LogP contribution in [0.4, 0.5) is 10.5 Å². The topological polar surface area (TPSA) is 114 Å². The molecule has 1 aliphatic heterocycles. The minimum Gasteiger partial charge on any atom is -0.481 e. The highest BCUT2D eigenvalue weighted by atomic mass is 16.5. The average molecular weight is 358 g/mol. The first kappa shape index (κ1) is 17.5. The molecular weight excluding hydrogens is 340 g/mol. The number of ether oxygens (including phenoxy) is 1. The van der Waals surface area contributed by atoms with Crippen LogP contribution in [0.3, 0.4) is 0 Å². The number of hydrogen-bond donors (Lipinski definition) is 2. The normalized spacial score (nSPS) is 16.5. The fourth-order valence-electron chi connectivity index (χ4n) is 2.55. The Morgan fingerprint density at radius 2 is 2.23 bits per heavy atom. The molecule has 9 heteroatoms. The molecule has 0 aromatic carbocycles. The fourth-order valence-corrected chi connectivity index (χ4v) is 2.55. The van der Waals surface area contributed by atoms with Gasteiger partial charge in [-0.05, 0) is 24.6 Å². The van der Waals surface area contributed by atoms with Gasteiger partial charge in [-0.2, -0.15) is 0 Å². The molecule has 9 nitrogen and oxygen atoms in total. The standard InChI is InChI=1S/C17H18N4O5/c1-25-15-7-4-11(9-18-15)19-14(22)6-5-13-16(23)21(17(24)20-13)10-12-3-2-8-26-12/h2-4,7-9,13H,5-6,10H2,1H3,(H,19,22)(H,20,24). The Balaban J connectivity index is 1.50. The number of furan rings is 1. The Morgan fingerprint density at radius 1 is 1.38 bits per heavy atom. The SMILES string of the molecule is COc1ccc(NC(=O)CCC2NC(=O)N(Cc3ccco3)C2=O)cn1. The van der Waals surface area contributed by atoms with Crippen LogP contribution in [0.1, 0.15) is 18.6 Å². The molecule has 2 aromatic rings. The predicted octanol–water partition coefficient (Wildman–Crippen LogP) is 1.52. The zero-order valence-corrected chi connectivity index (χ0v) is 14.1. The number of amides is 4. The molecule has 0 spiro atoms.